The van der Waals surface area contributed by atoms with Crippen LogP contribution in [0.15, 0.2) is 18.3 Å². The summed E-state index contributed by atoms with van der Waals surface area (Å²) in [6.45, 7) is 9.81. The molecule has 1 fully saturated rings. The van der Waals surface area contributed by atoms with Gasteiger partial charge in [0.25, 0.3) is 0 Å². The lowest BCUT2D eigenvalue weighted by Crippen LogP contribution is -2.27. The second kappa shape index (κ2) is 7.15. The number of rotatable bonds is 1. The lowest BCUT2D eigenvalue weighted by Gasteiger charge is -2.16. The smallest absolute Gasteiger partial charge is 0.405 e. The maximum Gasteiger partial charge on any atom is 0.405 e. The molecule has 0 aromatic carbocycles. The van der Waals surface area contributed by atoms with E-state index in [0.717, 1.165) is 30.5 Å². The van der Waals surface area contributed by atoms with E-state index in [2.05, 4.69) is 21.5 Å². The van der Waals surface area contributed by atoms with E-state index in [1.807, 2.05) is 12.1 Å². The van der Waals surface area contributed by atoms with E-state index in [1.165, 1.54) is 6.42 Å². The van der Waals surface area contributed by atoms with Crippen LogP contribution in [0.1, 0.15) is 34.1 Å². The Hall–Kier alpha value is -1.98. The van der Waals surface area contributed by atoms with E-state index in [0.29, 0.717) is 0 Å². The number of nitrogen functional groups attached to an aromatic ring is 1. The molecule has 1 aromatic rings. The van der Waals surface area contributed by atoms with Crippen LogP contribution in [-0.2, 0) is 4.74 Å². The molecule has 118 valence electrons. The van der Waals surface area contributed by atoms with Crippen LogP contribution in [0.5, 0.6) is 0 Å². The largest absolute Gasteiger partial charge is 0.444 e. The first-order valence-corrected chi connectivity index (χ1v) is 7.12. The Labute approximate surface area is 126 Å². The van der Waals surface area contributed by atoms with Gasteiger partial charge in [0, 0.05) is 13.1 Å². The predicted molar refractivity (Wildman–Crippen MR) is 85.1 cm³/mol. The number of nitrogens with zero attached hydrogens (tertiary/aromatic N) is 2. The van der Waals surface area contributed by atoms with Gasteiger partial charge < -0.3 is 21.1 Å². The average molecular weight is 294 g/mol. The summed E-state index contributed by atoms with van der Waals surface area (Å²) < 4.78 is 4.58. The Kier molecular flexibility index (Phi) is 5.81. The van der Waals surface area contributed by atoms with Crippen molar-refractivity contribution < 1.29 is 9.53 Å². The Morgan fingerprint density at radius 2 is 2.10 bits per heavy atom. The number of anilines is 2. The van der Waals surface area contributed by atoms with Crippen molar-refractivity contribution in [1.29, 1.82) is 0 Å². The molecule has 0 saturated carbocycles. The fraction of sp³-hybridized carbons (Fsp3) is 0.600. The Morgan fingerprint density at radius 1 is 1.43 bits per heavy atom. The van der Waals surface area contributed by atoms with Crippen molar-refractivity contribution in [2.75, 3.05) is 23.7 Å². The van der Waals surface area contributed by atoms with Gasteiger partial charge in [-0.15, -0.1) is 0 Å². The van der Waals surface area contributed by atoms with Crippen molar-refractivity contribution in [3.05, 3.63) is 18.3 Å². The molecule has 1 atom stereocenters. The highest BCUT2D eigenvalue weighted by molar-refractivity contribution is 5.65. The van der Waals surface area contributed by atoms with Gasteiger partial charge in [0.15, 0.2) is 0 Å². The van der Waals surface area contributed by atoms with Gasteiger partial charge in [-0.25, -0.2) is 9.78 Å². The number of ether oxygens (including phenoxy) is 1. The van der Waals surface area contributed by atoms with Crippen molar-refractivity contribution in [1.82, 2.24) is 4.98 Å². The van der Waals surface area contributed by atoms with Crippen molar-refractivity contribution >= 4 is 17.6 Å². The summed E-state index contributed by atoms with van der Waals surface area (Å²) >= 11 is 0. The molecule has 2 heterocycles. The van der Waals surface area contributed by atoms with Crippen LogP contribution in [0, 0.1) is 5.92 Å². The van der Waals surface area contributed by atoms with Crippen molar-refractivity contribution in [3.8, 4) is 0 Å². The standard InChI is InChI=1S/C10H15N3.C5H11NO2/c1-8-4-5-13(7-8)10-3-2-9(11)6-12-10;1-5(2,3)8-4(6)7/h2-3,6,8H,4-5,7,11H2,1H3;1-3H3,(H2,6,7). The number of amides is 1. The van der Waals surface area contributed by atoms with Gasteiger partial charge in [-0.05, 0) is 45.2 Å². The van der Waals surface area contributed by atoms with Crippen molar-refractivity contribution in [2.24, 2.45) is 11.7 Å². The molecule has 1 saturated heterocycles. The van der Waals surface area contributed by atoms with Crippen LogP contribution < -0.4 is 16.4 Å². The summed E-state index contributed by atoms with van der Waals surface area (Å²) in [7, 11) is 0. The summed E-state index contributed by atoms with van der Waals surface area (Å²) in [6.07, 6.45) is 2.27. The number of carbonyl (C=O) groups excluding carboxylic acids is 1. The molecule has 2 rings (SSSR count). The third kappa shape index (κ3) is 6.83. The number of carbonyl (C=O) groups is 1. The number of pyridine rings is 1. The SMILES string of the molecule is CC(C)(C)OC(N)=O.CC1CCN(c2ccc(N)cn2)C1. The maximum absolute atomic E-state index is 10.0. The summed E-state index contributed by atoms with van der Waals surface area (Å²) in [4.78, 5) is 16.6. The fourth-order valence-corrected chi connectivity index (χ4v) is 2.03. The molecule has 1 unspecified atom stereocenters. The lowest BCUT2D eigenvalue weighted by atomic mass is 10.2. The maximum atomic E-state index is 10.0. The quantitative estimate of drug-likeness (QED) is 0.829. The molecule has 6 nitrogen and oxygen atoms in total. The van der Waals surface area contributed by atoms with Crippen LogP contribution in [0.2, 0.25) is 0 Å². The molecule has 21 heavy (non-hydrogen) atoms. The summed E-state index contributed by atoms with van der Waals surface area (Å²) in [5, 5.41) is 0. The lowest BCUT2D eigenvalue weighted by molar-refractivity contribution is 0.0600. The summed E-state index contributed by atoms with van der Waals surface area (Å²) in [5.74, 6) is 1.85. The summed E-state index contributed by atoms with van der Waals surface area (Å²) in [5.41, 5.74) is 10.6. The minimum atomic E-state index is -0.725. The second-order valence-electron chi connectivity index (χ2n) is 6.32. The highest BCUT2D eigenvalue weighted by Crippen LogP contribution is 2.21. The van der Waals surface area contributed by atoms with Gasteiger partial charge in [-0.1, -0.05) is 6.92 Å². The molecule has 1 amide bonds. The van der Waals surface area contributed by atoms with Gasteiger partial charge in [0.1, 0.15) is 11.4 Å². The molecular formula is C15H26N4O2. The second-order valence-corrected chi connectivity index (χ2v) is 6.32. The predicted octanol–water partition coefficient (Wildman–Crippen LogP) is 2.39. The molecule has 1 aliphatic heterocycles. The first kappa shape index (κ1) is 17.1. The third-order valence-corrected chi connectivity index (χ3v) is 2.93. The first-order valence-electron chi connectivity index (χ1n) is 7.12. The molecule has 0 radical (unpaired) electrons. The number of hydrogen-bond donors (Lipinski definition) is 2. The van der Waals surface area contributed by atoms with Gasteiger partial charge in [-0.3, -0.25) is 0 Å². The molecule has 4 N–H and O–H groups in total. The number of nitrogens with two attached hydrogens (primary N) is 2. The fourth-order valence-electron chi connectivity index (χ4n) is 2.03. The highest BCUT2D eigenvalue weighted by atomic mass is 16.6. The monoisotopic (exact) mass is 294 g/mol. The van der Waals surface area contributed by atoms with Crippen LogP contribution in [-0.4, -0.2) is 29.8 Å². The summed E-state index contributed by atoms with van der Waals surface area (Å²) in [6, 6.07) is 3.90. The Bertz CT molecular complexity index is 454. The first-order chi connectivity index (χ1) is 9.67. The van der Waals surface area contributed by atoms with E-state index in [9.17, 15) is 4.79 Å². The van der Waals surface area contributed by atoms with Crippen LogP contribution in [0.4, 0.5) is 16.3 Å². The third-order valence-electron chi connectivity index (χ3n) is 2.93. The molecular weight excluding hydrogens is 268 g/mol. The molecule has 1 aromatic heterocycles. The zero-order valence-electron chi connectivity index (χ0n) is 13.3. The molecule has 6 heteroatoms. The normalized spacial score (nSPS) is 17.9. The van der Waals surface area contributed by atoms with Crippen molar-refractivity contribution in [3.63, 3.8) is 0 Å². The average Bonchev–Trinajstić information content (AvgIpc) is 2.74. The molecule has 0 aliphatic carbocycles. The van der Waals surface area contributed by atoms with E-state index in [1.54, 1.807) is 27.0 Å². The number of aromatic nitrogens is 1. The van der Waals surface area contributed by atoms with E-state index in [4.69, 9.17) is 11.5 Å². The van der Waals surface area contributed by atoms with Crippen molar-refractivity contribution in [2.45, 2.75) is 39.7 Å². The molecule has 0 bridgehead atoms. The Balaban J connectivity index is 0.000000240. The van der Waals surface area contributed by atoms with Crippen LogP contribution >= 0.6 is 0 Å². The topological polar surface area (TPSA) is 94.5 Å². The van der Waals surface area contributed by atoms with Gasteiger partial charge >= 0.3 is 6.09 Å². The van der Waals surface area contributed by atoms with Gasteiger partial charge in [0.2, 0.25) is 0 Å². The zero-order chi connectivity index (χ0) is 16.0. The minimum absolute atomic E-state index is 0.453. The zero-order valence-corrected chi connectivity index (χ0v) is 13.3. The Morgan fingerprint density at radius 3 is 2.43 bits per heavy atom. The van der Waals surface area contributed by atoms with Gasteiger partial charge in [-0.2, -0.15) is 0 Å². The minimum Gasteiger partial charge on any atom is -0.444 e. The van der Waals surface area contributed by atoms with Crippen LogP contribution in [0.25, 0.3) is 0 Å². The molecule has 0 spiro atoms. The highest BCUT2D eigenvalue weighted by Gasteiger charge is 2.19. The number of primary amides is 1. The number of hydrogen-bond acceptors (Lipinski definition) is 5. The van der Waals surface area contributed by atoms with E-state index in [-0.39, 0.29) is 0 Å². The van der Waals surface area contributed by atoms with Crippen LogP contribution in [0.3, 0.4) is 0 Å². The van der Waals surface area contributed by atoms with E-state index >= 15 is 0 Å². The molecule has 1 aliphatic rings. The van der Waals surface area contributed by atoms with Gasteiger partial charge in [0.05, 0.1) is 11.9 Å². The van der Waals surface area contributed by atoms with E-state index < -0.39 is 11.7 Å².